The summed E-state index contributed by atoms with van der Waals surface area (Å²) in [5.74, 6) is -0.694. The minimum atomic E-state index is -4.79. The first kappa shape index (κ1) is 21.7. The monoisotopic (exact) mass is 459 g/mol. The van der Waals surface area contributed by atoms with Crippen LogP contribution < -0.4 is 9.64 Å². The number of ether oxygens (including phenoxy) is 4. The molecule has 0 saturated carbocycles. The molecule has 4 rings (SSSR count). The summed E-state index contributed by atoms with van der Waals surface area (Å²) in [6.07, 6.45) is -3.51. The lowest BCUT2D eigenvalue weighted by Gasteiger charge is -2.29. The Hall–Kier alpha value is -2.57. The fraction of sp³-hybridized carbons (Fsp3) is 0.474. The Labute approximate surface area is 179 Å². The zero-order valence-corrected chi connectivity index (χ0v) is 17.2. The molecule has 0 N–H and O–H groups in total. The van der Waals surface area contributed by atoms with Gasteiger partial charge in [0.1, 0.15) is 25.2 Å². The van der Waals surface area contributed by atoms with Crippen LogP contribution in [0.4, 0.5) is 18.3 Å². The number of hydrogen-bond acceptors (Lipinski definition) is 8. The highest BCUT2D eigenvalue weighted by molar-refractivity contribution is 7.22. The molecule has 168 valence electrons. The van der Waals surface area contributed by atoms with E-state index in [4.69, 9.17) is 14.2 Å². The Morgan fingerprint density at radius 1 is 1.23 bits per heavy atom. The van der Waals surface area contributed by atoms with Crippen LogP contribution in [0.3, 0.4) is 0 Å². The number of rotatable bonds is 6. The van der Waals surface area contributed by atoms with Crippen LogP contribution in [0.15, 0.2) is 30.2 Å². The van der Waals surface area contributed by atoms with Gasteiger partial charge in [0.05, 0.1) is 23.4 Å². The van der Waals surface area contributed by atoms with Crippen molar-refractivity contribution in [3.63, 3.8) is 0 Å². The zero-order chi connectivity index (χ0) is 21.8. The van der Waals surface area contributed by atoms with Crippen molar-refractivity contribution in [3.8, 4) is 5.75 Å². The number of anilines is 1. The predicted molar refractivity (Wildman–Crippen MR) is 106 cm³/mol. The molecular weight excluding hydrogens is 439 g/mol. The van der Waals surface area contributed by atoms with Crippen molar-refractivity contribution >= 4 is 32.6 Å². The second kappa shape index (κ2) is 9.28. The van der Waals surface area contributed by atoms with Crippen molar-refractivity contribution < 1.29 is 36.9 Å². The van der Waals surface area contributed by atoms with Crippen molar-refractivity contribution in [2.45, 2.75) is 6.36 Å². The highest BCUT2D eigenvalue weighted by atomic mass is 32.1. The van der Waals surface area contributed by atoms with Crippen LogP contribution in [0, 0.1) is 0 Å². The maximum Gasteiger partial charge on any atom is 0.573 e. The Morgan fingerprint density at radius 3 is 2.74 bits per heavy atom. The number of carbonyl (C=O) groups excluding carboxylic acids is 1. The molecule has 1 aromatic carbocycles. The molecule has 3 heterocycles. The van der Waals surface area contributed by atoms with Crippen molar-refractivity contribution in [1.82, 2.24) is 9.88 Å². The van der Waals surface area contributed by atoms with Crippen molar-refractivity contribution in [1.29, 1.82) is 0 Å². The fourth-order valence-corrected chi connectivity index (χ4v) is 4.19. The van der Waals surface area contributed by atoms with E-state index in [9.17, 15) is 18.0 Å². The summed E-state index contributed by atoms with van der Waals surface area (Å²) in [6.45, 7) is 4.27. The number of aromatic nitrogens is 1. The third-order valence-electron chi connectivity index (χ3n) is 4.66. The number of hydrogen-bond donors (Lipinski definition) is 0. The third-order valence-corrected chi connectivity index (χ3v) is 5.70. The van der Waals surface area contributed by atoms with E-state index < -0.39 is 12.3 Å². The van der Waals surface area contributed by atoms with Crippen LogP contribution in [0.25, 0.3) is 10.2 Å². The first-order valence-electron chi connectivity index (χ1n) is 9.62. The maximum absolute atomic E-state index is 13.1. The van der Waals surface area contributed by atoms with E-state index in [1.807, 2.05) is 0 Å². The Kier molecular flexibility index (Phi) is 6.49. The Balaban J connectivity index is 1.59. The number of benzene rings is 1. The van der Waals surface area contributed by atoms with Gasteiger partial charge in [-0.3, -0.25) is 14.6 Å². The summed E-state index contributed by atoms with van der Waals surface area (Å²) < 4.78 is 58.0. The van der Waals surface area contributed by atoms with Gasteiger partial charge >= 0.3 is 6.36 Å². The van der Waals surface area contributed by atoms with Crippen molar-refractivity contribution in [3.05, 3.63) is 30.2 Å². The predicted octanol–water partition coefficient (Wildman–Crippen LogP) is 2.75. The van der Waals surface area contributed by atoms with Crippen LogP contribution in [-0.2, 0) is 19.0 Å². The van der Waals surface area contributed by atoms with Gasteiger partial charge in [-0.15, -0.1) is 13.2 Å². The molecule has 0 spiro atoms. The molecule has 2 aromatic rings. The minimum absolute atomic E-state index is 0.0635. The number of halogens is 3. The molecule has 0 atom stereocenters. The molecular formula is C19H20F3N3O5S. The van der Waals surface area contributed by atoms with Crippen LogP contribution >= 0.6 is 11.3 Å². The standard InChI is InChI=1S/C19H20F3N3O5S/c20-19(21,22)30-13-1-2-14-16(11-13)31-18(23-14)25(4-3-24-5-7-27-8-6-24)17(26)15-12-28-9-10-29-15/h1-2,11-12H,3-10H2. The van der Waals surface area contributed by atoms with Crippen LogP contribution in [0.2, 0.25) is 0 Å². The number of carbonyl (C=O) groups is 1. The van der Waals surface area contributed by atoms with Gasteiger partial charge in [-0.2, -0.15) is 0 Å². The smallest absolute Gasteiger partial charge is 0.494 e. The highest BCUT2D eigenvalue weighted by Gasteiger charge is 2.31. The summed E-state index contributed by atoms with van der Waals surface area (Å²) in [7, 11) is 0. The van der Waals surface area contributed by atoms with Crippen LogP contribution in [-0.4, -0.2) is 74.8 Å². The van der Waals surface area contributed by atoms with Crippen LogP contribution in [0.1, 0.15) is 0 Å². The number of morpholine rings is 1. The summed E-state index contributed by atoms with van der Waals surface area (Å²) in [4.78, 5) is 21.2. The quantitative estimate of drug-likeness (QED) is 0.658. The average Bonchev–Trinajstić information content (AvgIpc) is 3.17. The van der Waals surface area contributed by atoms with Crippen molar-refractivity contribution in [2.24, 2.45) is 0 Å². The molecule has 0 aliphatic carbocycles. The van der Waals surface area contributed by atoms with Gasteiger partial charge in [0.2, 0.25) is 5.76 Å². The fourth-order valence-electron chi connectivity index (χ4n) is 3.17. The number of alkyl halides is 3. The molecule has 1 saturated heterocycles. The number of thiazole rings is 1. The molecule has 1 fully saturated rings. The van der Waals surface area contributed by atoms with E-state index in [0.717, 1.165) is 24.4 Å². The summed E-state index contributed by atoms with van der Waals surface area (Å²) in [6, 6.07) is 3.88. The Bertz CT molecular complexity index is 959. The largest absolute Gasteiger partial charge is 0.573 e. The number of amides is 1. The van der Waals surface area contributed by atoms with Gasteiger partial charge in [0, 0.05) is 32.2 Å². The normalized spacial score (nSPS) is 17.6. The van der Waals surface area contributed by atoms with Gasteiger partial charge in [-0.25, -0.2) is 4.98 Å². The number of fused-ring (bicyclic) bond motifs is 1. The van der Waals surface area contributed by atoms with Crippen LogP contribution in [0.5, 0.6) is 5.75 Å². The molecule has 0 bridgehead atoms. The molecule has 2 aliphatic heterocycles. The van der Waals surface area contributed by atoms with E-state index in [0.29, 0.717) is 48.3 Å². The van der Waals surface area contributed by atoms with E-state index >= 15 is 0 Å². The summed E-state index contributed by atoms with van der Waals surface area (Å²) >= 11 is 1.10. The molecule has 8 nitrogen and oxygen atoms in total. The van der Waals surface area contributed by atoms with Gasteiger partial charge in [-0.1, -0.05) is 11.3 Å². The maximum atomic E-state index is 13.1. The Morgan fingerprint density at radius 2 is 2.03 bits per heavy atom. The summed E-state index contributed by atoms with van der Waals surface area (Å²) in [5, 5.41) is 0.354. The molecule has 0 unspecified atom stereocenters. The lowest BCUT2D eigenvalue weighted by molar-refractivity contribution is -0.274. The molecule has 0 radical (unpaired) electrons. The van der Waals surface area contributed by atoms with E-state index in [1.165, 1.54) is 29.4 Å². The second-order valence-electron chi connectivity index (χ2n) is 6.79. The van der Waals surface area contributed by atoms with Gasteiger partial charge in [0.15, 0.2) is 5.13 Å². The highest BCUT2D eigenvalue weighted by Crippen LogP contribution is 2.34. The zero-order valence-electron chi connectivity index (χ0n) is 16.4. The van der Waals surface area contributed by atoms with E-state index in [2.05, 4.69) is 14.6 Å². The SMILES string of the molecule is O=C(C1=COCCO1)N(CCN1CCOCC1)c1nc2ccc(OC(F)(F)F)cc2s1. The van der Waals surface area contributed by atoms with Gasteiger partial charge < -0.3 is 18.9 Å². The van der Waals surface area contributed by atoms with Gasteiger partial charge in [0.25, 0.3) is 5.91 Å². The molecule has 31 heavy (non-hydrogen) atoms. The van der Waals surface area contributed by atoms with E-state index in [1.54, 1.807) is 0 Å². The molecule has 1 aromatic heterocycles. The molecule has 1 amide bonds. The average molecular weight is 459 g/mol. The minimum Gasteiger partial charge on any atom is -0.494 e. The lowest BCUT2D eigenvalue weighted by atomic mass is 10.3. The second-order valence-corrected chi connectivity index (χ2v) is 7.80. The van der Waals surface area contributed by atoms with Crippen molar-refractivity contribution in [2.75, 3.05) is 57.5 Å². The lowest BCUT2D eigenvalue weighted by Crippen LogP contribution is -2.44. The molecule has 12 heteroatoms. The topological polar surface area (TPSA) is 73.4 Å². The summed E-state index contributed by atoms with van der Waals surface area (Å²) in [5.41, 5.74) is 0.466. The molecule has 2 aliphatic rings. The van der Waals surface area contributed by atoms with E-state index in [-0.39, 0.29) is 18.1 Å². The first-order chi connectivity index (χ1) is 14.9. The third kappa shape index (κ3) is 5.57. The number of nitrogens with zero attached hydrogens (tertiary/aromatic N) is 3. The first-order valence-corrected chi connectivity index (χ1v) is 10.4. The van der Waals surface area contributed by atoms with Gasteiger partial charge in [-0.05, 0) is 12.1 Å².